The summed E-state index contributed by atoms with van der Waals surface area (Å²) in [5.41, 5.74) is 2.11. The Hall–Kier alpha value is -1.66. The average Bonchev–Trinajstić information content (AvgIpc) is 2.83. The number of benzene rings is 1. The molecule has 2 heterocycles. The van der Waals surface area contributed by atoms with Gasteiger partial charge in [0.25, 0.3) is 0 Å². The number of piperidine rings is 1. The van der Waals surface area contributed by atoms with E-state index >= 15 is 0 Å². The molecule has 0 bridgehead atoms. The van der Waals surface area contributed by atoms with Crippen LogP contribution in [0.4, 0.5) is 0 Å². The number of aryl methyl sites for hydroxylation is 1. The normalized spacial score (nSPS) is 19.9. The standard InChI is InChI=1S/C17H23N3O2S/c1-13-8-7-11-19(12-13)23(21,22)17-14(2)18-20(15(17)3)16-9-5-4-6-10-16/h4-6,9-10,13H,7-8,11-12H2,1-3H3. The summed E-state index contributed by atoms with van der Waals surface area (Å²) < 4.78 is 29.5. The number of aromatic nitrogens is 2. The van der Waals surface area contributed by atoms with Gasteiger partial charge in [-0.3, -0.25) is 0 Å². The molecule has 1 aliphatic heterocycles. The minimum Gasteiger partial charge on any atom is -0.236 e. The largest absolute Gasteiger partial charge is 0.246 e. The van der Waals surface area contributed by atoms with Crippen molar-refractivity contribution in [2.45, 2.75) is 38.5 Å². The molecule has 0 aliphatic carbocycles. The second-order valence-electron chi connectivity index (χ2n) is 6.36. The van der Waals surface area contributed by atoms with E-state index in [9.17, 15) is 8.42 Å². The molecule has 3 rings (SSSR count). The van der Waals surface area contributed by atoms with Crippen molar-refractivity contribution in [3.05, 3.63) is 41.7 Å². The van der Waals surface area contributed by atoms with E-state index in [-0.39, 0.29) is 0 Å². The molecule has 1 atom stereocenters. The van der Waals surface area contributed by atoms with E-state index in [2.05, 4.69) is 12.0 Å². The lowest BCUT2D eigenvalue weighted by Crippen LogP contribution is -2.39. The smallest absolute Gasteiger partial charge is 0.236 e. The van der Waals surface area contributed by atoms with Crippen molar-refractivity contribution in [3.63, 3.8) is 0 Å². The third kappa shape index (κ3) is 2.93. The van der Waals surface area contributed by atoms with E-state index in [1.165, 1.54) is 0 Å². The lowest BCUT2D eigenvalue weighted by molar-refractivity contribution is 0.281. The van der Waals surface area contributed by atoms with Crippen LogP contribution in [0.15, 0.2) is 35.2 Å². The predicted octanol–water partition coefficient (Wildman–Crippen LogP) is 2.91. The molecule has 124 valence electrons. The number of hydrogen-bond donors (Lipinski definition) is 0. The Morgan fingerprint density at radius 3 is 2.52 bits per heavy atom. The molecule has 5 nitrogen and oxygen atoms in total. The number of nitrogens with zero attached hydrogens (tertiary/aromatic N) is 3. The van der Waals surface area contributed by atoms with Crippen molar-refractivity contribution in [1.82, 2.24) is 14.1 Å². The maximum atomic E-state index is 13.1. The van der Waals surface area contributed by atoms with Crippen LogP contribution in [-0.4, -0.2) is 35.6 Å². The monoisotopic (exact) mass is 333 g/mol. The molecule has 1 unspecified atom stereocenters. The first-order valence-electron chi connectivity index (χ1n) is 8.03. The highest BCUT2D eigenvalue weighted by Crippen LogP contribution is 2.28. The van der Waals surface area contributed by atoms with Gasteiger partial charge in [0.05, 0.1) is 17.1 Å². The fourth-order valence-corrected chi connectivity index (χ4v) is 5.27. The molecule has 0 spiro atoms. The van der Waals surface area contributed by atoms with Crippen LogP contribution in [0.1, 0.15) is 31.2 Å². The quantitative estimate of drug-likeness (QED) is 0.868. The van der Waals surface area contributed by atoms with Gasteiger partial charge >= 0.3 is 0 Å². The van der Waals surface area contributed by atoms with Gasteiger partial charge in [0.15, 0.2) is 0 Å². The molecule has 1 aromatic heterocycles. The highest BCUT2D eigenvalue weighted by atomic mass is 32.2. The van der Waals surface area contributed by atoms with Gasteiger partial charge in [-0.25, -0.2) is 13.1 Å². The third-order valence-electron chi connectivity index (χ3n) is 4.44. The van der Waals surface area contributed by atoms with E-state index < -0.39 is 10.0 Å². The molecule has 1 saturated heterocycles. The summed E-state index contributed by atoms with van der Waals surface area (Å²) in [5, 5.41) is 4.47. The Morgan fingerprint density at radius 2 is 1.87 bits per heavy atom. The molecule has 0 amide bonds. The Kier molecular flexibility index (Phi) is 4.29. The molecule has 0 N–H and O–H groups in total. The third-order valence-corrected chi connectivity index (χ3v) is 6.56. The van der Waals surface area contributed by atoms with Crippen molar-refractivity contribution in [3.8, 4) is 5.69 Å². The minimum absolute atomic E-state index is 0.357. The SMILES string of the molecule is Cc1nn(-c2ccccc2)c(C)c1S(=O)(=O)N1CCCC(C)C1. The fourth-order valence-electron chi connectivity index (χ4n) is 3.32. The summed E-state index contributed by atoms with van der Waals surface area (Å²) in [7, 11) is -3.49. The van der Waals surface area contributed by atoms with Crippen LogP contribution >= 0.6 is 0 Å². The van der Waals surface area contributed by atoms with E-state index in [0.29, 0.717) is 35.3 Å². The van der Waals surface area contributed by atoms with Gasteiger partial charge in [-0.15, -0.1) is 0 Å². The number of para-hydroxylation sites is 1. The molecule has 0 radical (unpaired) electrons. The first-order chi connectivity index (χ1) is 10.9. The molecule has 1 aromatic carbocycles. The molecule has 23 heavy (non-hydrogen) atoms. The molecule has 1 aliphatic rings. The van der Waals surface area contributed by atoms with Gasteiger partial charge in [0, 0.05) is 13.1 Å². The summed E-state index contributed by atoms with van der Waals surface area (Å²) >= 11 is 0. The zero-order chi connectivity index (χ0) is 16.6. The van der Waals surface area contributed by atoms with Crippen LogP contribution in [0.2, 0.25) is 0 Å². The van der Waals surface area contributed by atoms with E-state index in [1.807, 2.05) is 37.3 Å². The van der Waals surface area contributed by atoms with Crippen LogP contribution in [-0.2, 0) is 10.0 Å². The number of sulfonamides is 1. The summed E-state index contributed by atoms with van der Waals surface area (Å²) in [5.74, 6) is 0.406. The van der Waals surface area contributed by atoms with Gasteiger partial charge in [-0.05, 0) is 44.7 Å². The maximum Gasteiger partial charge on any atom is 0.246 e. The predicted molar refractivity (Wildman–Crippen MR) is 90.2 cm³/mol. The first-order valence-corrected chi connectivity index (χ1v) is 9.47. The van der Waals surface area contributed by atoms with E-state index in [1.54, 1.807) is 15.9 Å². The second kappa shape index (κ2) is 6.09. The summed E-state index contributed by atoms with van der Waals surface area (Å²) in [4.78, 5) is 0.357. The van der Waals surface area contributed by atoms with Crippen molar-refractivity contribution >= 4 is 10.0 Å². The molecule has 1 fully saturated rings. The Balaban J connectivity index is 2.05. The molecule has 6 heteroatoms. The van der Waals surface area contributed by atoms with Crippen molar-refractivity contribution < 1.29 is 8.42 Å². The van der Waals surface area contributed by atoms with Crippen LogP contribution in [0, 0.1) is 19.8 Å². The average molecular weight is 333 g/mol. The zero-order valence-electron chi connectivity index (χ0n) is 13.9. The van der Waals surface area contributed by atoms with Gasteiger partial charge in [-0.1, -0.05) is 25.1 Å². The lowest BCUT2D eigenvalue weighted by Gasteiger charge is -2.30. The van der Waals surface area contributed by atoms with Crippen LogP contribution < -0.4 is 0 Å². The number of rotatable bonds is 3. The highest BCUT2D eigenvalue weighted by molar-refractivity contribution is 7.89. The van der Waals surface area contributed by atoms with Gasteiger partial charge in [0.2, 0.25) is 10.0 Å². The van der Waals surface area contributed by atoms with Crippen molar-refractivity contribution in [2.24, 2.45) is 5.92 Å². The number of hydrogen-bond acceptors (Lipinski definition) is 3. The van der Waals surface area contributed by atoms with Crippen LogP contribution in [0.3, 0.4) is 0 Å². The maximum absolute atomic E-state index is 13.1. The van der Waals surface area contributed by atoms with Crippen molar-refractivity contribution in [2.75, 3.05) is 13.1 Å². The highest BCUT2D eigenvalue weighted by Gasteiger charge is 2.33. The fraction of sp³-hybridized carbons (Fsp3) is 0.471. The summed E-state index contributed by atoms with van der Waals surface area (Å²) in [6.07, 6.45) is 2.01. The van der Waals surface area contributed by atoms with Crippen LogP contribution in [0.5, 0.6) is 0 Å². The van der Waals surface area contributed by atoms with E-state index in [4.69, 9.17) is 0 Å². The molecule has 2 aromatic rings. The Bertz CT molecular complexity index is 797. The van der Waals surface area contributed by atoms with Gasteiger partial charge < -0.3 is 0 Å². The van der Waals surface area contributed by atoms with Crippen molar-refractivity contribution in [1.29, 1.82) is 0 Å². The van der Waals surface area contributed by atoms with Gasteiger partial charge in [-0.2, -0.15) is 9.40 Å². The molecular formula is C17H23N3O2S. The topological polar surface area (TPSA) is 55.2 Å². The summed E-state index contributed by atoms with van der Waals surface area (Å²) in [6, 6.07) is 9.64. The lowest BCUT2D eigenvalue weighted by atomic mass is 10.0. The van der Waals surface area contributed by atoms with Crippen LogP contribution in [0.25, 0.3) is 5.69 Å². The van der Waals surface area contributed by atoms with E-state index in [0.717, 1.165) is 18.5 Å². The van der Waals surface area contributed by atoms with Gasteiger partial charge in [0.1, 0.15) is 4.90 Å². The second-order valence-corrected chi connectivity index (χ2v) is 8.23. The first kappa shape index (κ1) is 16.2. The minimum atomic E-state index is -3.49. The zero-order valence-corrected chi connectivity index (χ0v) is 14.7. The molecule has 0 saturated carbocycles. The summed E-state index contributed by atoms with van der Waals surface area (Å²) in [6.45, 7) is 6.90. The molecular weight excluding hydrogens is 310 g/mol. The Labute approximate surface area is 138 Å². The Morgan fingerprint density at radius 1 is 1.17 bits per heavy atom.